The van der Waals surface area contributed by atoms with E-state index in [-0.39, 0.29) is 6.04 Å². The molecule has 1 fully saturated rings. The molecule has 134 valence electrons. The summed E-state index contributed by atoms with van der Waals surface area (Å²) in [5.41, 5.74) is 2.54. The van der Waals surface area contributed by atoms with Gasteiger partial charge in [0, 0.05) is 31.7 Å². The second-order valence-corrected chi connectivity index (χ2v) is 8.49. The molecule has 2 aliphatic heterocycles. The van der Waals surface area contributed by atoms with E-state index < -0.39 is 10.0 Å². The van der Waals surface area contributed by atoms with E-state index in [4.69, 9.17) is 4.52 Å². The third kappa shape index (κ3) is 3.03. The normalized spacial score (nSPS) is 21.5. The lowest BCUT2D eigenvalue weighted by Gasteiger charge is -2.30. The monoisotopic (exact) mass is 363 g/mol. The molecule has 0 radical (unpaired) electrons. The number of sulfonamides is 1. The number of nitrogens with one attached hydrogen (secondary N) is 1. The van der Waals surface area contributed by atoms with Crippen molar-refractivity contribution in [3.05, 3.63) is 29.6 Å². The Balaban J connectivity index is 1.62. The van der Waals surface area contributed by atoms with Crippen molar-refractivity contribution >= 4 is 15.7 Å². The van der Waals surface area contributed by atoms with Gasteiger partial charge in [-0.05, 0) is 37.2 Å². The molecule has 4 rings (SSSR count). The van der Waals surface area contributed by atoms with Crippen molar-refractivity contribution in [3.63, 3.8) is 0 Å². The van der Waals surface area contributed by atoms with Crippen LogP contribution in [-0.4, -0.2) is 62.9 Å². The molecule has 1 aromatic carbocycles. The molecule has 0 saturated carbocycles. The number of benzene rings is 1. The number of likely N-dealkylation sites (N-methyl/N-ethyl adjacent to an activating group) is 1. The summed E-state index contributed by atoms with van der Waals surface area (Å²) in [7, 11) is -1.19. The number of rotatable bonds is 3. The van der Waals surface area contributed by atoms with E-state index >= 15 is 0 Å². The van der Waals surface area contributed by atoms with Crippen molar-refractivity contribution in [1.82, 2.24) is 20.4 Å². The van der Waals surface area contributed by atoms with Crippen molar-refractivity contribution in [2.75, 3.05) is 43.8 Å². The summed E-state index contributed by atoms with van der Waals surface area (Å²) < 4.78 is 30.6. The molecule has 8 nitrogen and oxygen atoms in total. The van der Waals surface area contributed by atoms with Crippen LogP contribution in [0.3, 0.4) is 0 Å². The van der Waals surface area contributed by atoms with Crippen LogP contribution in [0.4, 0.5) is 5.69 Å². The summed E-state index contributed by atoms with van der Waals surface area (Å²) in [6, 6.07) is 5.70. The molecule has 25 heavy (non-hydrogen) atoms. The molecule has 1 unspecified atom stereocenters. The van der Waals surface area contributed by atoms with Crippen LogP contribution in [-0.2, 0) is 16.4 Å². The minimum atomic E-state index is -3.24. The van der Waals surface area contributed by atoms with Gasteiger partial charge in [-0.2, -0.15) is 4.98 Å². The number of nitrogens with zero attached hydrogens (tertiary/aromatic N) is 4. The molecule has 1 aromatic heterocycles. The zero-order valence-corrected chi connectivity index (χ0v) is 15.1. The first-order chi connectivity index (χ1) is 11.9. The van der Waals surface area contributed by atoms with Crippen molar-refractivity contribution in [1.29, 1.82) is 0 Å². The van der Waals surface area contributed by atoms with E-state index in [0.717, 1.165) is 36.4 Å². The zero-order chi connectivity index (χ0) is 17.6. The number of hydrogen-bond donors (Lipinski definition) is 1. The Morgan fingerprint density at radius 1 is 1.32 bits per heavy atom. The first-order valence-electron chi connectivity index (χ1n) is 8.29. The third-order valence-corrected chi connectivity index (χ3v) is 6.01. The Hall–Kier alpha value is -1.97. The van der Waals surface area contributed by atoms with Gasteiger partial charge < -0.3 is 9.84 Å². The summed E-state index contributed by atoms with van der Waals surface area (Å²) >= 11 is 0. The van der Waals surface area contributed by atoms with Crippen molar-refractivity contribution in [3.8, 4) is 11.5 Å². The fraction of sp³-hybridized carbons (Fsp3) is 0.500. The van der Waals surface area contributed by atoms with Gasteiger partial charge in [0.25, 0.3) is 5.89 Å². The van der Waals surface area contributed by atoms with E-state index in [0.29, 0.717) is 24.7 Å². The Kier molecular flexibility index (Phi) is 4.01. The van der Waals surface area contributed by atoms with Gasteiger partial charge >= 0.3 is 0 Å². The predicted molar refractivity (Wildman–Crippen MR) is 93.9 cm³/mol. The molecular formula is C16H21N5O3S. The fourth-order valence-corrected chi connectivity index (χ4v) is 4.39. The summed E-state index contributed by atoms with van der Waals surface area (Å²) in [6.45, 7) is 3.17. The Morgan fingerprint density at radius 2 is 2.16 bits per heavy atom. The molecule has 1 saturated heterocycles. The van der Waals surface area contributed by atoms with Gasteiger partial charge in [-0.1, -0.05) is 5.16 Å². The molecule has 2 aromatic rings. The van der Waals surface area contributed by atoms with E-state index in [1.165, 1.54) is 10.6 Å². The molecule has 1 atom stereocenters. The second-order valence-electron chi connectivity index (χ2n) is 6.59. The fourth-order valence-electron chi connectivity index (χ4n) is 3.43. The lowest BCUT2D eigenvalue weighted by molar-refractivity contribution is 0.190. The SMILES string of the molecule is CN1CCNCC1c1noc(-c2ccc3c(c2)CCN3S(C)(=O)=O)n1. The maximum absolute atomic E-state index is 11.8. The van der Waals surface area contributed by atoms with Crippen LogP contribution in [0.25, 0.3) is 11.5 Å². The molecule has 0 amide bonds. The molecule has 0 bridgehead atoms. The molecule has 0 spiro atoms. The van der Waals surface area contributed by atoms with Gasteiger partial charge in [0.05, 0.1) is 18.0 Å². The van der Waals surface area contributed by atoms with E-state index in [9.17, 15) is 8.42 Å². The Bertz CT molecular complexity index is 895. The number of fused-ring (bicyclic) bond motifs is 1. The van der Waals surface area contributed by atoms with Gasteiger partial charge in [-0.15, -0.1) is 0 Å². The smallest absolute Gasteiger partial charge is 0.257 e. The van der Waals surface area contributed by atoms with Gasteiger partial charge in [0.15, 0.2) is 5.82 Å². The predicted octanol–water partition coefficient (Wildman–Crippen LogP) is 0.635. The van der Waals surface area contributed by atoms with Gasteiger partial charge in [0.2, 0.25) is 10.0 Å². The third-order valence-electron chi connectivity index (χ3n) is 4.83. The highest BCUT2D eigenvalue weighted by atomic mass is 32.2. The molecule has 2 aliphatic rings. The molecule has 1 N–H and O–H groups in total. The Morgan fingerprint density at radius 3 is 2.92 bits per heavy atom. The van der Waals surface area contributed by atoms with E-state index in [1.54, 1.807) is 0 Å². The lowest BCUT2D eigenvalue weighted by Crippen LogP contribution is -2.44. The van der Waals surface area contributed by atoms with Crippen LogP contribution in [0.15, 0.2) is 22.7 Å². The minimum Gasteiger partial charge on any atom is -0.334 e. The highest BCUT2D eigenvalue weighted by molar-refractivity contribution is 7.92. The quantitative estimate of drug-likeness (QED) is 0.855. The lowest BCUT2D eigenvalue weighted by atomic mass is 10.1. The standard InChI is InChI=1S/C16H21N5O3S/c1-20-8-6-17-10-14(20)15-18-16(24-19-15)12-3-4-13-11(9-12)5-7-21(13)25(2,22)23/h3-4,9,14,17H,5-8,10H2,1-2H3. The minimum absolute atomic E-state index is 0.0985. The van der Waals surface area contributed by atoms with Crippen molar-refractivity contribution in [2.45, 2.75) is 12.5 Å². The number of aromatic nitrogens is 2. The summed E-state index contributed by atoms with van der Waals surface area (Å²) in [5, 5.41) is 7.48. The van der Waals surface area contributed by atoms with Gasteiger partial charge in [-0.25, -0.2) is 8.42 Å². The van der Waals surface area contributed by atoms with Crippen molar-refractivity contribution in [2.24, 2.45) is 0 Å². The molecule has 0 aliphatic carbocycles. The van der Waals surface area contributed by atoms with Crippen LogP contribution < -0.4 is 9.62 Å². The number of anilines is 1. The Labute approximate surface area is 146 Å². The summed E-state index contributed by atoms with van der Waals surface area (Å²) in [4.78, 5) is 6.76. The van der Waals surface area contributed by atoms with E-state index in [2.05, 4.69) is 27.4 Å². The maximum Gasteiger partial charge on any atom is 0.257 e. The van der Waals surface area contributed by atoms with Crippen LogP contribution in [0.1, 0.15) is 17.4 Å². The van der Waals surface area contributed by atoms with Crippen LogP contribution in [0, 0.1) is 0 Å². The van der Waals surface area contributed by atoms with Crippen LogP contribution in [0.5, 0.6) is 0 Å². The largest absolute Gasteiger partial charge is 0.334 e. The summed E-state index contributed by atoms with van der Waals surface area (Å²) in [6.07, 6.45) is 1.92. The van der Waals surface area contributed by atoms with Crippen molar-refractivity contribution < 1.29 is 12.9 Å². The highest BCUT2D eigenvalue weighted by Gasteiger charge is 2.28. The first-order valence-corrected chi connectivity index (χ1v) is 10.1. The highest BCUT2D eigenvalue weighted by Crippen LogP contribution is 2.33. The number of piperazine rings is 1. The van der Waals surface area contributed by atoms with Gasteiger partial charge in [-0.3, -0.25) is 9.21 Å². The first kappa shape index (κ1) is 16.5. The van der Waals surface area contributed by atoms with Crippen LogP contribution in [0.2, 0.25) is 0 Å². The topological polar surface area (TPSA) is 91.6 Å². The van der Waals surface area contributed by atoms with Gasteiger partial charge in [0.1, 0.15) is 0 Å². The van der Waals surface area contributed by atoms with Crippen LogP contribution >= 0.6 is 0 Å². The molecular weight excluding hydrogens is 342 g/mol. The second kappa shape index (κ2) is 6.08. The zero-order valence-electron chi connectivity index (χ0n) is 14.3. The average Bonchev–Trinajstić information content (AvgIpc) is 3.21. The molecule has 3 heterocycles. The maximum atomic E-state index is 11.8. The molecule has 9 heteroatoms. The average molecular weight is 363 g/mol. The van der Waals surface area contributed by atoms with E-state index in [1.807, 2.05) is 18.2 Å². The summed E-state index contributed by atoms with van der Waals surface area (Å²) in [5.74, 6) is 1.14. The number of hydrogen-bond acceptors (Lipinski definition) is 7.